The van der Waals surface area contributed by atoms with E-state index in [0.29, 0.717) is 12.5 Å². The minimum absolute atomic E-state index is 0.510. The summed E-state index contributed by atoms with van der Waals surface area (Å²) in [5.74, 6) is 0.510. The molecule has 1 saturated heterocycles. The van der Waals surface area contributed by atoms with Crippen molar-refractivity contribution >= 4 is 6.09 Å². The summed E-state index contributed by atoms with van der Waals surface area (Å²) in [4.78, 5) is 12.3. The normalized spacial score (nSPS) is 25.4. The minimum Gasteiger partial charge on any atom is -0.465 e. The molecule has 0 aromatic carbocycles. The molecule has 4 nitrogen and oxygen atoms in total. The highest BCUT2D eigenvalue weighted by atomic mass is 16.4. The first-order chi connectivity index (χ1) is 5.18. The highest BCUT2D eigenvalue weighted by Gasteiger charge is 2.19. The van der Waals surface area contributed by atoms with Crippen molar-refractivity contribution in [2.45, 2.75) is 6.42 Å². The summed E-state index contributed by atoms with van der Waals surface area (Å²) in [6, 6.07) is 0. The maximum absolute atomic E-state index is 10.1. The molecule has 2 N–H and O–H groups in total. The van der Waals surface area contributed by atoms with Gasteiger partial charge in [-0.25, -0.2) is 4.79 Å². The van der Waals surface area contributed by atoms with E-state index in [1.165, 1.54) is 0 Å². The molecule has 1 aliphatic rings. The second-order valence-electron chi connectivity index (χ2n) is 3.10. The zero-order valence-corrected chi connectivity index (χ0v) is 6.71. The van der Waals surface area contributed by atoms with E-state index in [2.05, 4.69) is 17.3 Å². The number of hydrogen-bond acceptors (Lipinski definition) is 2. The van der Waals surface area contributed by atoms with Gasteiger partial charge in [-0.3, -0.25) is 0 Å². The second kappa shape index (κ2) is 3.57. The van der Waals surface area contributed by atoms with E-state index in [9.17, 15) is 4.79 Å². The Balaban J connectivity index is 2.13. The van der Waals surface area contributed by atoms with Crippen LogP contribution >= 0.6 is 0 Å². The van der Waals surface area contributed by atoms with Crippen LogP contribution in [0, 0.1) is 5.92 Å². The average molecular weight is 158 g/mol. The Morgan fingerprint density at radius 2 is 2.55 bits per heavy atom. The smallest absolute Gasteiger partial charge is 0.404 e. The third kappa shape index (κ3) is 2.76. The quantitative estimate of drug-likeness (QED) is 0.604. The molecule has 0 aromatic heterocycles. The lowest BCUT2D eigenvalue weighted by atomic mass is 10.1. The zero-order valence-electron chi connectivity index (χ0n) is 6.71. The standard InChI is InChI=1S/C7H14N2O2/c1-9-3-2-6(5-9)4-8-7(10)11/h6,8H,2-5H2,1H3,(H,10,11). The topological polar surface area (TPSA) is 52.6 Å². The molecule has 11 heavy (non-hydrogen) atoms. The summed E-state index contributed by atoms with van der Waals surface area (Å²) in [5.41, 5.74) is 0. The third-order valence-electron chi connectivity index (χ3n) is 2.03. The van der Waals surface area contributed by atoms with Crippen LogP contribution in [-0.2, 0) is 0 Å². The van der Waals surface area contributed by atoms with Gasteiger partial charge in [-0.1, -0.05) is 0 Å². The first-order valence-electron chi connectivity index (χ1n) is 3.84. The van der Waals surface area contributed by atoms with Gasteiger partial charge in [0.05, 0.1) is 0 Å². The molecule has 0 aromatic rings. The van der Waals surface area contributed by atoms with Crippen molar-refractivity contribution in [1.82, 2.24) is 10.2 Å². The van der Waals surface area contributed by atoms with Crippen molar-refractivity contribution in [3.05, 3.63) is 0 Å². The second-order valence-corrected chi connectivity index (χ2v) is 3.10. The summed E-state index contributed by atoms with van der Waals surface area (Å²) in [7, 11) is 2.06. The van der Waals surface area contributed by atoms with E-state index < -0.39 is 6.09 Å². The van der Waals surface area contributed by atoms with Crippen LogP contribution in [0.15, 0.2) is 0 Å². The van der Waals surface area contributed by atoms with Gasteiger partial charge in [0, 0.05) is 13.1 Å². The summed E-state index contributed by atoms with van der Waals surface area (Å²) in [6.45, 7) is 2.70. The van der Waals surface area contributed by atoms with Crippen molar-refractivity contribution < 1.29 is 9.90 Å². The van der Waals surface area contributed by atoms with E-state index >= 15 is 0 Å². The van der Waals surface area contributed by atoms with Crippen LogP contribution < -0.4 is 5.32 Å². The number of nitrogens with one attached hydrogen (secondary N) is 1. The van der Waals surface area contributed by atoms with Gasteiger partial charge in [-0.2, -0.15) is 0 Å². The Morgan fingerprint density at radius 1 is 1.82 bits per heavy atom. The predicted octanol–water partition coefficient (Wildman–Crippen LogP) is 0.206. The summed E-state index contributed by atoms with van der Waals surface area (Å²) < 4.78 is 0. The minimum atomic E-state index is -0.917. The lowest BCUT2D eigenvalue weighted by Crippen LogP contribution is -2.28. The number of nitrogens with zero attached hydrogens (tertiary/aromatic N) is 1. The molecule has 1 heterocycles. The number of hydrogen-bond donors (Lipinski definition) is 2. The number of carbonyl (C=O) groups is 1. The average Bonchev–Trinajstić information content (AvgIpc) is 2.31. The number of rotatable bonds is 2. The van der Waals surface area contributed by atoms with E-state index in [-0.39, 0.29) is 0 Å². The number of likely N-dealkylation sites (tertiary alicyclic amines) is 1. The fourth-order valence-corrected chi connectivity index (χ4v) is 1.42. The van der Waals surface area contributed by atoms with Gasteiger partial charge in [0.25, 0.3) is 0 Å². The van der Waals surface area contributed by atoms with Crippen molar-refractivity contribution in [3.63, 3.8) is 0 Å². The highest BCUT2D eigenvalue weighted by Crippen LogP contribution is 2.12. The largest absolute Gasteiger partial charge is 0.465 e. The van der Waals surface area contributed by atoms with Crippen molar-refractivity contribution in [2.24, 2.45) is 5.92 Å². The molecule has 1 rings (SSSR count). The van der Waals surface area contributed by atoms with Gasteiger partial charge < -0.3 is 15.3 Å². The lowest BCUT2D eigenvalue weighted by molar-refractivity contribution is 0.192. The molecular formula is C7H14N2O2. The molecule has 1 aliphatic heterocycles. The molecule has 0 saturated carbocycles. The zero-order chi connectivity index (χ0) is 8.27. The van der Waals surface area contributed by atoms with E-state index in [0.717, 1.165) is 19.5 Å². The van der Waals surface area contributed by atoms with E-state index in [1.807, 2.05) is 0 Å². The lowest BCUT2D eigenvalue weighted by Gasteiger charge is -2.09. The predicted molar refractivity (Wildman–Crippen MR) is 41.6 cm³/mol. The molecule has 0 bridgehead atoms. The summed E-state index contributed by atoms with van der Waals surface area (Å²) in [5, 5.41) is 10.7. The van der Waals surface area contributed by atoms with Gasteiger partial charge >= 0.3 is 6.09 Å². The van der Waals surface area contributed by atoms with Crippen molar-refractivity contribution in [1.29, 1.82) is 0 Å². The summed E-state index contributed by atoms with van der Waals surface area (Å²) in [6.07, 6.45) is 0.191. The highest BCUT2D eigenvalue weighted by molar-refractivity contribution is 5.64. The van der Waals surface area contributed by atoms with Crippen LogP contribution in [0.1, 0.15) is 6.42 Å². The van der Waals surface area contributed by atoms with Gasteiger partial charge in [0.2, 0.25) is 0 Å². The molecule has 64 valence electrons. The molecule has 0 aliphatic carbocycles. The molecule has 0 spiro atoms. The Morgan fingerprint density at radius 3 is 3.00 bits per heavy atom. The Hall–Kier alpha value is -0.770. The van der Waals surface area contributed by atoms with Crippen LogP contribution in [0.25, 0.3) is 0 Å². The van der Waals surface area contributed by atoms with Gasteiger partial charge in [0.1, 0.15) is 0 Å². The Kier molecular flexibility index (Phi) is 2.70. The van der Waals surface area contributed by atoms with Crippen LogP contribution in [-0.4, -0.2) is 42.8 Å². The maximum atomic E-state index is 10.1. The van der Waals surface area contributed by atoms with Crippen LogP contribution in [0.5, 0.6) is 0 Å². The monoisotopic (exact) mass is 158 g/mol. The molecular weight excluding hydrogens is 144 g/mol. The third-order valence-corrected chi connectivity index (χ3v) is 2.03. The number of carboxylic acid groups (broad SMARTS) is 1. The van der Waals surface area contributed by atoms with Crippen LogP contribution in [0.4, 0.5) is 4.79 Å². The van der Waals surface area contributed by atoms with Crippen LogP contribution in [0.3, 0.4) is 0 Å². The fourth-order valence-electron chi connectivity index (χ4n) is 1.42. The summed E-state index contributed by atoms with van der Waals surface area (Å²) >= 11 is 0. The molecule has 1 unspecified atom stereocenters. The fraction of sp³-hybridized carbons (Fsp3) is 0.857. The molecule has 1 atom stereocenters. The van der Waals surface area contributed by atoms with E-state index in [1.54, 1.807) is 0 Å². The molecule has 1 fully saturated rings. The van der Waals surface area contributed by atoms with Gasteiger partial charge in [-0.05, 0) is 25.9 Å². The number of amides is 1. The maximum Gasteiger partial charge on any atom is 0.404 e. The van der Waals surface area contributed by atoms with Crippen molar-refractivity contribution in [3.8, 4) is 0 Å². The van der Waals surface area contributed by atoms with Crippen LogP contribution in [0.2, 0.25) is 0 Å². The Labute approximate surface area is 66.2 Å². The van der Waals surface area contributed by atoms with Crippen molar-refractivity contribution in [2.75, 3.05) is 26.7 Å². The first-order valence-corrected chi connectivity index (χ1v) is 3.84. The molecule has 4 heteroatoms. The first kappa shape index (κ1) is 8.33. The Bertz CT molecular complexity index is 149. The van der Waals surface area contributed by atoms with Gasteiger partial charge in [0.15, 0.2) is 0 Å². The molecule has 0 radical (unpaired) electrons. The SMILES string of the molecule is CN1CCC(CNC(=O)O)C1. The van der Waals surface area contributed by atoms with Gasteiger partial charge in [-0.15, -0.1) is 0 Å². The van der Waals surface area contributed by atoms with E-state index in [4.69, 9.17) is 5.11 Å². The molecule has 1 amide bonds.